The molecule has 2 rings (SSSR count). The molecule has 1 atom stereocenters. The molecule has 3 heteroatoms. The maximum Gasteiger partial charge on any atom is 0.137 e. The van der Waals surface area contributed by atoms with Crippen molar-refractivity contribution in [3.8, 4) is 0 Å². The first-order valence-corrected chi connectivity index (χ1v) is 5.32. The normalized spacial score (nSPS) is 13.7. The molecular weight excluding hydrogens is 186 g/mol. The molecule has 0 spiro atoms. The van der Waals surface area contributed by atoms with Gasteiger partial charge in [-0.3, -0.25) is 0 Å². The van der Waals surface area contributed by atoms with Crippen molar-refractivity contribution in [3.63, 3.8) is 0 Å². The molecule has 2 heterocycles. The molecule has 0 aliphatic carbocycles. The molecule has 0 radical (unpaired) electrons. The number of rotatable bonds is 2. The molecule has 2 N–H and O–H groups in total. The van der Waals surface area contributed by atoms with E-state index in [0.29, 0.717) is 5.92 Å². The summed E-state index contributed by atoms with van der Waals surface area (Å²) < 4.78 is 2.05. The summed E-state index contributed by atoms with van der Waals surface area (Å²) in [6.07, 6.45) is 4.13. The highest BCUT2D eigenvalue weighted by atomic mass is 15.0. The fourth-order valence-corrected chi connectivity index (χ4v) is 1.58. The molecule has 0 fully saturated rings. The Labute approximate surface area is 89.9 Å². The van der Waals surface area contributed by atoms with Crippen LogP contribution in [0.1, 0.15) is 44.0 Å². The number of aromatic nitrogens is 2. The molecule has 80 valence electrons. The van der Waals surface area contributed by atoms with Gasteiger partial charge in [0.25, 0.3) is 0 Å². The van der Waals surface area contributed by atoms with Gasteiger partial charge in [0.15, 0.2) is 0 Å². The van der Waals surface area contributed by atoms with E-state index in [1.54, 1.807) is 0 Å². The van der Waals surface area contributed by atoms with Crippen molar-refractivity contribution in [3.05, 3.63) is 35.8 Å². The average Bonchev–Trinajstić information content (AvgIpc) is 2.59. The third kappa shape index (κ3) is 1.88. The summed E-state index contributed by atoms with van der Waals surface area (Å²) in [5.41, 5.74) is 9.08. The van der Waals surface area contributed by atoms with E-state index < -0.39 is 0 Å². The Bertz CT molecular complexity index is 463. The minimum atomic E-state index is 0.0688. The first-order chi connectivity index (χ1) is 7.08. The van der Waals surface area contributed by atoms with E-state index in [0.717, 1.165) is 16.9 Å². The molecule has 15 heavy (non-hydrogen) atoms. The molecule has 3 nitrogen and oxygen atoms in total. The lowest BCUT2D eigenvalue weighted by Gasteiger charge is -2.04. The fourth-order valence-electron chi connectivity index (χ4n) is 1.58. The van der Waals surface area contributed by atoms with Gasteiger partial charge >= 0.3 is 0 Å². The van der Waals surface area contributed by atoms with Crippen LogP contribution in [0.25, 0.3) is 5.65 Å². The van der Waals surface area contributed by atoms with Crippen molar-refractivity contribution in [1.29, 1.82) is 0 Å². The fraction of sp³-hybridized carbons (Fsp3) is 0.417. The minimum Gasteiger partial charge on any atom is -0.324 e. The van der Waals surface area contributed by atoms with Gasteiger partial charge in [0, 0.05) is 18.4 Å². The van der Waals surface area contributed by atoms with Crippen molar-refractivity contribution in [1.82, 2.24) is 9.38 Å². The van der Waals surface area contributed by atoms with Gasteiger partial charge in [-0.15, -0.1) is 0 Å². The highest BCUT2D eigenvalue weighted by Gasteiger charge is 2.06. The molecule has 0 bridgehead atoms. The number of hydrogen-bond acceptors (Lipinski definition) is 2. The molecule has 0 aliphatic rings. The monoisotopic (exact) mass is 203 g/mol. The predicted molar refractivity (Wildman–Crippen MR) is 61.9 cm³/mol. The zero-order valence-electron chi connectivity index (χ0n) is 9.44. The molecule has 0 aliphatic heterocycles. The number of fused-ring (bicyclic) bond motifs is 1. The lowest BCUT2D eigenvalue weighted by Crippen LogP contribution is -2.05. The Morgan fingerprint density at radius 3 is 2.53 bits per heavy atom. The number of nitrogens with two attached hydrogens (primary N) is 1. The number of pyridine rings is 1. The smallest absolute Gasteiger partial charge is 0.137 e. The highest BCUT2D eigenvalue weighted by molar-refractivity contribution is 5.42. The molecular formula is C12H17N3. The van der Waals surface area contributed by atoms with Gasteiger partial charge in [0.1, 0.15) is 5.65 Å². The molecule has 0 saturated carbocycles. The number of nitrogens with zero attached hydrogens (tertiary/aromatic N) is 2. The van der Waals surface area contributed by atoms with Crippen LogP contribution >= 0.6 is 0 Å². The number of hydrogen-bond donors (Lipinski definition) is 1. The van der Waals surface area contributed by atoms with Gasteiger partial charge in [-0.2, -0.15) is 0 Å². The van der Waals surface area contributed by atoms with Crippen molar-refractivity contribution >= 4 is 5.65 Å². The molecule has 0 saturated heterocycles. The quantitative estimate of drug-likeness (QED) is 0.814. The largest absolute Gasteiger partial charge is 0.324 e. The highest BCUT2D eigenvalue weighted by Crippen LogP contribution is 2.16. The second-order valence-corrected chi connectivity index (χ2v) is 4.34. The summed E-state index contributed by atoms with van der Waals surface area (Å²) in [6, 6.07) is 4.13. The Morgan fingerprint density at radius 1 is 1.20 bits per heavy atom. The van der Waals surface area contributed by atoms with Gasteiger partial charge in [0.2, 0.25) is 0 Å². The van der Waals surface area contributed by atoms with Crippen LogP contribution in [0.15, 0.2) is 24.5 Å². The second kappa shape index (κ2) is 3.66. The van der Waals surface area contributed by atoms with Gasteiger partial charge < -0.3 is 10.1 Å². The van der Waals surface area contributed by atoms with E-state index in [2.05, 4.69) is 31.2 Å². The Kier molecular flexibility index (Phi) is 2.49. The third-order valence-electron chi connectivity index (χ3n) is 2.61. The predicted octanol–water partition coefficient (Wildman–Crippen LogP) is 2.48. The van der Waals surface area contributed by atoms with E-state index in [-0.39, 0.29) is 6.04 Å². The minimum absolute atomic E-state index is 0.0688. The van der Waals surface area contributed by atoms with Crippen molar-refractivity contribution < 1.29 is 0 Å². The lowest BCUT2D eigenvalue weighted by atomic mass is 10.1. The van der Waals surface area contributed by atoms with Gasteiger partial charge in [-0.1, -0.05) is 19.9 Å². The first-order valence-electron chi connectivity index (χ1n) is 5.32. The Morgan fingerprint density at radius 2 is 1.93 bits per heavy atom. The topological polar surface area (TPSA) is 43.3 Å². The number of imidazole rings is 1. The van der Waals surface area contributed by atoms with Crippen LogP contribution in [0.5, 0.6) is 0 Å². The summed E-state index contributed by atoms with van der Waals surface area (Å²) in [5, 5.41) is 0. The summed E-state index contributed by atoms with van der Waals surface area (Å²) in [6.45, 7) is 6.28. The van der Waals surface area contributed by atoms with E-state index >= 15 is 0 Å². The van der Waals surface area contributed by atoms with Crippen LogP contribution in [0, 0.1) is 0 Å². The van der Waals surface area contributed by atoms with Crippen LogP contribution in [0.4, 0.5) is 0 Å². The molecule has 0 aromatic carbocycles. The van der Waals surface area contributed by atoms with Crippen molar-refractivity contribution in [2.45, 2.75) is 32.7 Å². The van der Waals surface area contributed by atoms with E-state index in [1.807, 2.05) is 23.5 Å². The Balaban J connectivity index is 2.52. The lowest BCUT2D eigenvalue weighted by molar-refractivity contribution is 0.807. The summed E-state index contributed by atoms with van der Waals surface area (Å²) in [7, 11) is 0. The maximum atomic E-state index is 5.84. The summed E-state index contributed by atoms with van der Waals surface area (Å²) in [4.78, 5) is 4.53. The zero-order valence-corrected chi connectivity index (χ0v) is 9.44. The van der Waals surface area contributed by atoms with Crippen LogP contribution in [-0.2, 0) is 0 Å². The van der Waals surface area contributed by atoms with Gasteiger partial charge in [-0.25, -0.2) is 4.98 Å². The van der Waals surface area contributed by atoms with Gasteiger partial charge in [0.05, 0.1) is 5.69 Å². The van der Waals surface area contributed by atoms with Crippen LogP contribution in [-0.4, -0.2) is 9.38 Å². The summed E-state index contributed by atoms with van der Waals surface area (Å²) >= 11 is 0. The van der Waals surface area contributed by atoms with E-state index in [4.69, 9.17) is 5.73 Å². The Hall–Kier alpha value is -1.35. The van der Waals surface area contributed by atoms with Crippen LogP contribution in [0.2, 0.25) is 0 Å². The second-order valence-electron chi connectivity index (χ2n) is 4.34. The summed E-state index contributed by atoms with van der Waals surface area (Å²) in [5.74, 6) is 0.462. The third-order valence-corrected chi connectivity index (χ3v) is 2.61. The molecule has 2 aromatic heterocycles. The van der Waals surface area contributed by atoms with Gasteiger partial charge in [-0.05, 0) is 24.5 Å². The average molecular weight is 203 g/mol. The molecule has 1 unspecified atom stereocenters. The zero-order chi connectivity index (χ0) is 11.0. The van der Waals surface area contributed by atoms with Crippen molar-refractivity contribution in [2.24, 2.45) is 5.73 Å². The van der Waals surface area contributed by atoms with Crippen LogP contribution < -0.4 is 5.73 Å². The van der Waals surface area contributed by atoms with Crippen molar-refractivity contribution in [2.75, 3.05) is 0 Å². The SMILES string of the molecule is CC(C)c1cn2cc(C(C)N)ccc2n1. The maximum absolute atomic E-state index is 5.84. The van der Waals surface area contributed by atoms with E-state index in [9.17, 15) is 0 Å². The molecule has 0 amide bonds. The first kappa shape index (κ1) is 10.2. The van der Waals surface area contributed by atoms with E-state index in [1.165, 1.54) is 0 Å². The van der Waals surface area contributed by atoms with Crippen LogP contribution in [0.3, 0.4) is 0 Å². The molecule has 2 aromatic rings. The standard InChI is InChI=1S/C12H17N3/c1-8(2)11-7-15-6-10(9(3)13)4-5-12(15)14-11/h4-9H,13H2,1-3H3.